The maximum atomic E-state index is 13.9. The quantitative estimate of drug-likeness (QED) is 0.420. The van der Waals surface area contributed by atoms with Crippen LogP contribution in [-0.4, -0.2) is 87.2 Å². The van der Waals surface area contributed by atoms with Crippen molar-refractivity contribution in [2.75, 3.05) is 46.4 Å². The van der Waals surface area contributed by atoms with Gasteiger partial charge in [-0.2, -0.15) is 0 Å². The molecule has 218 valence electrons. The second-order valence-corrected chi connectivity index (χ2v) is 11.6. The van der Waals surface area contributed by atoms with Crippen LogP contribution in [0.4, 0.5) is 5.69 Å². The van der Waals surface area contributed by atoms with Crippen LogP contribution in [0.5, 0.6) is 11.5 Å². The van der Waals surface area contributed by atoms with Gasteiger partial charge in [0.05, 0.1) is 27.4 Å². The summed E-state index contributed by atoms with van der Waals surface area (Å²) in [6, 6.07) is 11.0. The molecule has 1 saturated carbocycles. The first-order valence-electron chi connectivity index (χ1n) is 14.1. The number of likely N-dealkylation sites (N-methyl/N-ethyl adjacent to an activating group) is 1. The molecule has 0 amide bonds. The van der Waals surface area contributed by atoms with E-state index in [0.717, 1.165) is 35.5 Å². The molecule has 9 heteroatoms. The number of hydrogen-bond donors (Lipinski definition) is 1. The third-order valence-corrected chi connectivity index (χ3v) is 10.1. The first-order chi connectivity index (χ1) is 19.6. The average Bonchev–Trinajstić information content (AvgIpc) is 3.49. The van der Waals surface area contributed by atoms with Crippen LogP contribution < -0.4 is 14.4 Å². The molecule has 0 aromatic heterocycles. The standard InChI is InChI=1S/C32H38N2O7/c1-7-30-13-10-15-34-16-14-31(26(30)34)22-17-21(20-11-8-9-12-24(20)38-4)25(39-5)18-23(22)33(3)27(31)32(37,29(36)40-6)28(30)41-19(2)35/h8-13,17-18,26-28,37H,7,14-16H2,1-6H3/t26-,27+,28+,30+,31+,32-/m0/s1. The summed E-state index contributed by atoms with van der Waals surface area (Å²) in [6.07, 6.45) is 4.23. The Balaban J connectivity index is 1.70. The van der Waals surface area contributed by atoms with E-state index in [1.807, 2.05) is 49.2 Å². The number of esters is 2. The van der Waals surface area contributed by atoms with E-state index in [2.05, 4.69) is 23.1 Å². The van der Waals surface area contributed by atoms with E-state index >= 15 is 0 Å². The van der Waals surface area contributed by atoms with Crippen LogP contribution in [0.15, 0.2) is 48.6 Å². The predicted molar refractivity (Wildman–Crippen MR) is 153 cm³/mol. The molecule has 4 aliphatic rings. The summed E-state index contributed by atoms with van der Waals surface area (Å²) in [4.78, 5) is 30.8. The Labute approximate surface area is 240 Å². The minimum absolute atomic E-state index is 0.146. The molecule has 0 radical (unpaired) electrons. The Bertz CT molecular complexity index is 1440. The summed E-state index contributed by atoms with van der Waals surface area (Å²) in [7, 11) is 6.44. The molecule has 3 heterocycles. The highest BCUT2D eigenvalue weighted by Crippen LogP contribution is 2.68. The fourth-order valence-electron chi connectivity index (χ4n) is 8.83. The molecule has 1 aliphatic carbocycles. The highest BCUT2D eigenvalue weighted by Gasteiger charge is 2.80. The van der Waals surface area contributed by atoms with Gasteiger partial charge in [0, 0.05) is 60.3 Å². The fourth-order valence-corrected chi connectivity index (χ4v) is 8.83. The maximum Gasteiger partial charge on any atom is 0.344 e. The zero-order chi connectivity index (χ0) is 29.3. The zero-order valence-corrected chi connectivity index (χ0v) is 24.5. The van der Waals surface area contributed by atoms with Crippen molar-refractivity contribution in [2.24, 2.45) is 5.41 Å². The smallest absolute Gasteiger partial charge is 0.344 e. The number of para-hydroxylation sites is 1. The summed E-state index contributed by atoms with van der Waals surface area (Å²) in [6.45, 7) is 4.85. The maximum absolute atomic E-state index is 13.9. The third-order valence-electron chi connectivity index (χ3n) is 10.1. The summed E-state index contributed by atoms with van der Waals surface area (Å²) < 4.78 is 23.0. The predicted octanol–water partition coefficient (Wildman–Crippen LogP) is 3.32. The van der Waals surface area contributed by atoms with Crippen LogP contribution in [0.1, 0.15) is 32.3 Å². The zero-order valence-electron chi connectivity index (χ0n) is 24.5. The van der Waals surface area contributed by atoms with Gasteiger partial charge in [-0.3, -0.25) is 9.69 Å². The number of benzene rings is 2. The average molecular weight is 563 g/mol. The highest BCUT2D eigenvalue weighted by molar-refractivity contribution is 5.89. The van der Waals surface area contributed by atoms with E-state index in [0.29, 0.717) is 24.3 Å². The molecule has 1 N–H and O–H groups in total. The molecular formula is C32H38N2O7. The molecule has 2 fully saturated rings. The molecule has 6 atom stereocenters. The van der Waals surface area contributed by atoms with E-state index in [9.17, 15) is 14.7 Å². The van der Waals surface area contributed by atoms with Crippen LogP contribution in [0.3, 0.4) is 0 Å². The second kappa shape index (κ2) is 9.49. The van der Waals surface area contributed by atoms with Crippen molar-refractivity contribution < 1.29 is 33.6 Å². The number of methoxy groups -OCH3 is 3. The molecule has 3 aliphatic heterocycles. The van der Waals surface area contributed by atoms with Gasteiger partial charge in [0.1, 0.15) is 11.5 Å². The molecule has 1 saturated heterocycles. The van der Waals surface area contributed by atoms with Gasteiger partial charge in [-0.05, 0) is 37.1 Å². The topological polar surface area (TPSA) is 97.8 Å². The van der Waals surface area contributed by atoms with Gasteiger partial charge in [0.2, 0.25) is 5.60 Å². The molecule has 1 spiro atoms. The van der Waals surface area contributed by atoms with Crippen LogP contribution in [0, 0.1) is 5.41 Å². The minimum atomic E-state index is -2.16. The van der Waals surface area contributed by atoms with E-state index in [-0.39, 0.29) is 6.04 Å². The summed E-state index contributed by atoms with van der Waals surface area (Å²) in [5, 5.41) is 12.8. The van der Waals surface area contributed by atoms with E-state index < -0.39 is 40.5 Å². The van der Waals surface area contributed by atoms with Crippen molar-refractivity contribution in [3.63, 3.8) is 0 Å². The lowest BCUT2D eigenvalue weighted by molar-refractivity contribution is -0.228. The van der Waals surface area contributed by atoms with Gasteiger partial charge in [-0.1, -0.05) is 37.3 Å². The molecule has 9 nitrogen and oxygen atoms in total. The lowest BCUT2D eigenvalue weighted by Crippen LogP contribution is -2.81. The van der Waals surface area contributed by atoms with E-state index in [1.165, 1.54) is 14.0 Å². The van der Waals surface area contributed by atoms with Crippen molar-refractivity contribution in [3.05, 3.63) is 54.1 Å². The molecule has 41 heavy (non-hydrogen) atoms. The number of aliphatic hydroxyl groups is 1. The van der Waals surface area contributed by atoms with Crippen molar-refractivity contribution >= 4 is 17.6 Å². The van der Waals surface area contributed by atoms with Gasteiger partial charge in [0.25, 0.3) is 0 Å². The lowest BCUT2D eigenvalue weighted by atomic mass is 9.47. The van der Waals surface area contributed by atoms with E-state index in [4.69, 9.17) is 18.9 Å². The molecule has 2 aromatic rings. The molecule has 0 unspecified atom stereocenters. The largest absolute Gasteiger partial charge is 0.496 e. The van der Waals surface area contributed by atoms with Gasteiger partial charge in [-0.15, -0.1) is 0 Å². The normalized spacial score (nSPS) is 33.0. The number of anilines is 1. The summed E-state index contributed by atoms with van der Waals surface area (Å²) >= 11 is 0. The first kappa shape index (κ1) is 27.6. The number of rotatable bonds is 6. The van der Waals surface area contributed by atoms with Crippen LogP contribution >= 0.6 is 0 Å². The summed E-state index contributed by atoms with van der Waals surface area (Å²) in [5.74, 6) is -0.00589. The van der Waals surface area contributed by atoms with Gasteiger partial charge >= 0.3 is 11.9 Å². The Kier molecular flexibility index (Phi) is 6.39. The van der Waals surface area contributed by atoms with Crippen molar-refractivity contribution in [1.29, 1.82) is 0 Å². The first-order valence-corrected chi connectivity index (χ1v) is 14.1. The minimum Gasteiger partial charge on any atom is -0.496 e. The number of carbonyl (C=O) groups excluding carboxylic acids is 2. The Morgan fingerprint density at radius 1 is 1.05 bits per heavy atom. The van der Waals surface area contributed by atoms with Crippen molar-refractivity contribution in [1.82, 2.24) is 4.90 Å². The molecule has 2 aromatic carbocycles. The van der Waals surface area contributed by atoms with Crippen molar-refractivity contribution in [3.8, 4) is 22.6 Å². The van der Waals surface area contributed by atoms with Crippen LogP contribution in [0.2, 0.25) is 0 Å². The molecular weight excluding hydrogens is 524 g/mol. The lowest BCUT2D eigenvalue weighted by Gasteiger charge is -2.63. The van der Waals surface area contributed by atoms with Gasteiger partial charge < -0.3 is 29.0 Å². The van der Waals surface area contributed by atoms with E-state index in [1.54, 1.807) is 14.2 Å². The number of ether oxygens (including phenoxy) is 4. The Hall–Kier alpha value is -3.56. The fraction of sp³-hybridized carbons (Fsp3) is 0.500. The SMILES string of the molecule is CC[C@]12C=CCN3CC[C@@]4(c5cc(-c6ccccc6OC)c(OC)cc5N(C)[C@H]4[C@@](O)(C(=O)OC)[C@@H]1OC(C)=O)[C@@H]32. The summed E-state index contributed by atoms with van der Waals surface area (Å²) in [5.41, 5.74) is -0.0539. The molecule has 6 rings (SSSR count). The number of nitrogens with zero attached hydrogens (tertiary/aromatic N) is 2. The van der Waals surface area contributed by atoms with Gasteiger partial charge in [0.15, 0.2) is 6.10 Å². The van der Waals surface area contributed by atoms with Gasteiger partial charge in [-0.25, -0.2) is 4.79 Å². The number of hydrogen-bond acceptors (Lipinski definition) is 9. The Morgan fingerprint density at radius 2 is 1.78 bits per heavy atom. The van der Waals surface area contributed by atoms with Crippen LogP contribution in [-0.2, 0) is 24.5 Å². The van der Waals surface area contributed by atoms with Crippen LogP contribution in [0.25, 0.3) is 11.1 Å². The number of fused-ring (bicyclic) bond motifs is 1. The van der Waals surface area contributed by atoms with Crippen molar-refractivity contribution in [2.45, 2.75) is 55.9 Å². The highest BCUT2D eigenvalue weighted by atomic mass is 16.6. The number of carbonyl (C=O) groups is 2. The Morgan fingerprint density at radius 3 is 2.44 bits per heavy atom. The monoisotopic (exact) mass is 562 g/mol. The molecule has 0 bridgehead atoms. The third kappa shape index (κ3) is 3.36. The second-order valence-electron chi connectivity index (χ2n) is 11.6.